The lowest BCUT2D eigenvalue weighted by Crippen LogP contribution is -2.07. The molecule has 0 aliphatic rings. The van der Waals surface area contributed by atoms with Gasteiger partial charge in [-0.3, -0.25) is 0 Å². The summed E-state index contributed by atoms with van der Waals surface area (Å²) in [5, 5.41) is 13.1. The molecule has 1 aromatic heterocycles. The van der Waals surface area contributed by atoms with Crippen LogP contribution in [0.15, 0.2) is 53.0 Å². The third-order valence-electron chi connectivity index (χ3n) is 3.73. The highest BCUT2D eigenvalue weighted by atomic mass is 79.9. The van der Waals surface area contributed by atoms with Crippen LogP contribution in [0.3, 0.4) is 0 Å². The van der Waals surface area contributed by atoms with Gasteiger partial charge in [-0.05, 0) is 42.0 Å². The zero-order valence-electron chi connectivity index (χ0n) is 13.4. The molecule has 0 saturated carbocycles. The number of rotatable bonds is 4. The summed E-state index contributed by atoms with van der Waals surface area (Å²) in [6.07, 6.45) is 0. The summed E-state index contributed by atoms with van der Waals surface area (Å²) < 4.78 is 5.71. The van der Waals surface area contributed by atoms with Gasteiger partial charge >= 0.3 is 5.97 Å². The van der Waals surface area contributed by atoms with Gasteiger partial charge in [0.1, 0.15) is 0 Å². The van der Waals surface area contributed by atoms with E-state index in [2.05, 4.69) is 32.3 Å². The predicted molar refractivity (Wildman–Crippen MR) is 99.3 cm³/mol. The molecule has 0 spiro atoms. The van der Waals surface area contributed by atoms with Gasteiger partial charge in [-0.1, -0.05) is 28.1 Å². The van der Waals surface area contributed by atoms with Crippen LogP contribution in [0.1, 0.15) is 21.6 Å². The lowest BCUT2D eigenvalue weighted by atomic mass is 10.1. The molecule has 124 valence electrons. The molecule has 1 N–H and O–H groups in total. The first-order valence-electron chi connectivity index (χ1n) is 7.52. The summed E-state index contributed by atoms with van der Waals surface area (Å²) in [6, 6.07) is 16.8. The van der Waals surface area contributed by atoms with E-state index in [1.165, 1.54) is 7.11 Å². The average Bonchev–Trinajstić information content (AvgIpc) is 2.65. The van der Waals surface area contributed by atoms with Crippen LogP contribution in [-0.2, 0) is 11.3 Å². The Hall–Kier alpha value is -2.91. The topological polar surface area (TPSA) is 75.0 Å². The van der Waals surface area contributed by atoms with Crippen LogP contribution in [0.4, 0.5) is 5.69 Å². The van der Waals surface area contributed by atoms with Crippen LogP contribution in [0.5, 0.6) is 0 Å². The molecule has 2 aromatic carbocycles. The van der Waals surface area contributed by atoms with Crippen LogP contribution >= 0.6 is 15.9 Å². The second-order valence-electron chi connectivity index (χ2n) is 5.37. The number of hydrogen-bond donors (Lipinski definition) is 1. The minimum atomic E-state index is -0.480. The Balaban J connectivity index is 1.96. The van der Waals surface area contributed by atoms with E-state index in [0.29, 0.717) is 17.6 Å². The van der Waals surface area contributed by atoms with Gasteiger partial charge in [0.25, 0.3) is 0 Å². The molecule has 0 aliphatic carbocycles. The number of nitrogens with one attached hydrogen (secondary N) is 1. The van der Waals surface area contributed by atoms with Crippen LogP contribution < -0.4 is 5.32 Å². The van der Waals surface area contributed by atoms with Gasteiger partial charge in [-0.25, -0.2) is 9.78 Å². The van der Waals surface area contributed by atoms with E-state index >= 15 is 0 Å². The number of ether oxygens (including phenoxy) is 1. The Morgan fingerprint density at radius 1 is 1.24 bits per heavy atom. The number of anilines is 1. The minimum absolute atomic E-state index is 0.250. The Kier molecular flexibility index (Phi) is 4.96. The van der Waals surface area contributed by atoms with E-state index in [-0.39, 0.29) is 5.69 Å². The third-order valence-corrected chi connectivity index (χ3v) is 4.22. The molecular formula is C19H14BrN3O2. The molecule has 3 aromatic rings. The first-order valence-corrected chi connectivity index (χ1v) is 8.31. The molecule has 0 amide bonds. The highest BCUT2D eigenvalue weighted by Crippen LogP contribution is 2.27. The Morgan fingerprint density at radius 2 is 2.00 bits per heavy atom. The molecule has 5 nitrogen and oxygen atoms in total. The maximum atomic E-state index is 11.9. The van der Waals surface area contributed by atoms with Gasteiger partial charge in [0.2, 0.25) is 0 Å². The van der Waals surface area contributed by atoms with Gasteiger partial charge in [0, 0.05) is 22.1 Å². The van der Waals surface area contributed by atoms with Crippen LogP contribution in [0.2, 0.25) is 0 Å². The Bertz CT molecular complexity index is 978. The molecule has 0 aliphatic heterocycles. The predicted octanol–water partition coefficient (Wildman–Crippen LogP) is 4.27. The number of hydrogen-bond acceptors (Lipinski definition) is 5. The fourth-order valence-corrected chi connectivity index (χ4v) is 2.81. The number of aromatic nitrogens is 1. The molecular weight excluding hydrogens is 382 g/mol. The number of nitriles is 1. The summed E-state index contributed by atoms with van der Waals surface area (Å²) in [4.78, 5) is 16.2. The largest absolute Gasteiger partial charge is 0.464 e. The van der Waals surface area contributed by atoms with Crippen LogP contribution in [-0.4, -0.2) is 18.1 Å². The van der Waals surface area contributed by atoms with Crippen molar-refractivity contribution in [2.45, 2.75) is 6.54 Å². The van der Waals surface area contributed by atoms with E-state index in [1.54, 1.807) is 18.2 Å². The third kappa shape index (κ3) is 3.78. The number of carbonyl (C=O) groups excluding carboxylic acids is 1. The number of benzene rings is 2. The maximum Gasteiger partial charge on any atom is 0.356 e. The highest BCUT2D eigenvalue weighted by molar-refractivity contribution is 9.10. The number of carbonyl (C=O) groups is 1. The summed E-state index contributed by atoms with van der Waals surface area (Å²) in [5.74, 6) is -0.480. The molecule has 0 bridgehead atoms. The van der Waals surface area contributed by atoms with Crippen LogP contribution in [0, 0.1) is 11.3 Å². The van der Waals surface area contributed by atoms with Gasteiger partial charge in [0.15, 0.2) is 5.69 Å². The number of nitrogens with zero attached hydrogens (tertiary/aromatic N) is 2. The van der Waals surface area contributed by atoms with Crippen molar-refractivity contribution >= 4 is 38.5 Å². The van der Waals surface area contributed by atoms with Crippen molar-refractivity contribution in [1.82, 2.24) is 4.98 Å². The van der Waals surface area contributed by atoms with Gasteiger partial charge in [-0.15, -0.1) is 0 Å². The first-order chi connectivity index (χ1) is 12.1. The first kappa shape index (κ1) is 16.9. The van der Waals surface area contributed by atoms with Crippen molar-refractivity contribution in [3.8, 4) is 6.07 Å². The molecule has 6 heteroatoms. The Morgan fingerprint density at radius 3 is 2.68 bits per heavy atom. The normalized spacial score (nSPS) is 10.3. The molecule has 0 saturated heterocycles. The smallest absolute Gasteiger partial charge is 0.356 e. The zero-order valence-corrected chi connectivity index (χ0v) is 15.0. The SMILES string of the molecule is COC(=O)c1cc(NCc2ccc(C#N)cc2)c2cc(Br)ccc2n1. The molecule has 25 heavy (non-hydrogen) atoms. The molecule has 0 unspecified atom stereocenters. The standard InChI is InChI=1S/C19H14BrN3O2/c1-25-19(24)18-9-17(15-8-14(20)6-7-16(15)23-18)22-11-13-4-2-12(10-21)3-5-13/h2-9H,11H2,1H3,(H,22,23). The molecule has 3 rings (SSSR count). The van der Waals surface area contributed by atoms with Gasteiger partial charge in [-0.2, -0.15) is 5.26 Å². The fourth-order valence-electron chi connectivity index (χ4n) is 2.45. The van der Waals surface area contributed by atoms with E-state index in [9.17, 15) is 4.79 Å². The number of fused-ring (bicyclic) bond motifs is 1. The van der Waals surface area contributed by atoms with Gasteiger partial charge in [0.05, 0.1) is 24.3 Å². The number of halogens is 1. The summed E-state index contributed by atoms with van der Waals surface area (Å²) in [7, 11) is 1.33. The van der Waals surface area contributed by atoms with E-state index in [1.807, 2.05) is 30.3 Å². The van der Waals surface area contributed by atoms with Crippen molar-refractivity contribution in [3.05, 3.63) is 69.8 Å². The van der Waals surface area contributed by atoms with Crippen molar-refractivity contribution < 1.29 is 9.53 Å². The van der Waals surface area contributed by atoms with Gasteiger partial charge < -0.3 is 10.1 Å². The molecule has 0 atom stereocenters. The molecule has 1 heterocycles. The fraction of sp³-hybridized carbons (Fsp3) is 0.105. The lowest BCUT2D eigenvalue weighted by Gasteiger charge is -2.12. The number of esters is 1. The maximum absolute atomic E-state index is 11.9. The summed E-state index contributed by atoms with van der Waals surface area (Å²) in [5.41, 5.74) is 3.39. The number of pyridine rings is 1. The van der Waals surface area contributed by atoms with E-state index in [4.69, 9.17) is 10.00 Å². The Labute approximate surface area is 153 Å². The monoisotopic (exact) mass is 395 g/mol. The van der Waals surface area contributed by atoms with Crippen molar-refractivity contribution in [2.24, 2.45) is 0 Å². The average molecular weight is 396 g/mol. The van der Waals surface area contributed by atoms with Crippen molar-refractivity contribution in [1.29, 1.82) is 5.26 Å². The zero-order chi connectivity index (χ0) is 17.8. The van der Waals surface area contributed by atoms with E-state index < -0.39 is 5.97 Å². The van der Waals surface area contributed by atoms with Crippen LogP contribution in [0.25, 0.3) is 10.9 Å². The molecule has 0 radical (unpaired) electrons. The summed E-state index contributed by atoms with van der Waals surface area (Å²) >= 11 is 3.46. The van der Waals surface area contributed by atoms with Crippen molar-refractivity contribution in [3.63, 3.8) is 0 Å². The minimum Gasteiger partial charge on any atom is -0.464 e. The highest BCUT2D eigenvalue weighted by Gasteiger charge is 2.12. The lowest BCUT2D eigenvalue weighted by molar-refractivity contribution is 0.0594. The quantitative estimate of drug-likeness (QED) is 0.667. The van der Waals surface area contributed by atoms with E-state index in [0.717, 1.165) is 21.1 Å². The summed E-state index contributed by atoms with van der Waals surface area (Å²) in [6.45, 7) is 0.554. The second kappa shape index (κ2) is 7.32. The molecule has 0 fully saturated rings. The second-order valence-corrected chi connectivity index (χ2v) is 6.29. The number of methoxy groups -OCH3 is 1. The van der Waals surface area contributed by atoms with Crippen molar-refractivity contribution in [2.75, 3.05) is 12.4 Å².